The van der Waals surface area contributed by atoms with Gasteiger partial charge in [0.15, 0.2) is 20.9 Å². The Morgan fingerprint density at radius 2 is 1.64 bits per heavy atom. The van der Waals surface area contributed by atoms with Gasteiger partial charge in [-0.3, -0.25) is 0 Å². The largest absolute Gasteiger partial charge is 0.413 e. The third-order valence-electron chi connectivity index (χ3n) is 6.77. The van der Waals surface area contributed by atoms with E-state index < -0.39 is 27.0 Å². The van der Waals surface area contributed by atoms with Gasteiger partial charge in [0.25, 0.3) is 0 Å². The Kier molecular flexibility index (Phi) is 9.28. The van der Waals surface area contributed by atoms with Gasteiger partial charge in [-0.05, 0) is 18.1 Å². The molecule has 2 aliphatic heterocycles. The van der Waals surface area contributed by atoms with E-state index in [-0.39, 0.29) is 23.4 Å². The Morgan fingerprint density at radius 1 is 0.970 bits per heavy atom. The molecule has 2 heterocycles. The van der Waals surface area contributed by atoms with Crippen molar-refractivity contribution in [2.45, 2.75) is 75.9 Å². The molecule has 0 radical (unpaired) electrons. The number of benzene rings is 1. The molecule has 2 saturated heterocycles. The zero-order chi connectivity index (χ0) is 24.1. The second kappa shape index (κ2) is 11.6. The summed E-state index contributed by atoms with van der Waals surface area (Å²) in [7, 11) is 1.53. The lowest BCUT2D eigenvalue weighted by Gasteiger charge is -2.48. The highest BCUT2D eigenvalue weighted by Gasteiger charge is 2.51. The Hall–Kier alpha value is -1.10. The zero-order valence-corrected chi connectivity index (χ0v) is 22.0. The summed E-state index contributed by atoms with van der Waals surface area (Å²) in [5.41, 5.74) is 0.961. The number of ether oxygens (including phenoxy) is 6. The number of hydrogen-bond acceptors (Lipinski definition) is 7. The van der Waals surface area contributed by atoms with Crippen molar-refractivity contribution in [3.05, 3.63) is 48.0 Å². The van der Waals surface area contributed by atoms with Gasteiger partial charge < -0.3 is 32.8 Å². The van der Waals surface area contributed by atoms with Crippen molar-refractivity contribution in [3.63, 3.8) is 0 Å². The fourth-order valence-electron chi connectivity index (χ4n) is 3.74. The maximum atomic E-state index is 6.24. The fourth-order valence-corrected chi connectivity index (χ4v) is 4.68. The molecule has 2 aliphatic rings. The lowest BCUT2D eigenvalue weighted by atomic mass is 9.97. The van der Waals surface area contributed by atoms with E-state index in [9.17, 15) is 0 Å². The predicted octanol–water partition coefficient (Wildman–Crippen LogP) is 4.45. The average molecular weight is 481 g/mol. The molecule has 33 heavy (non-hydrogen) atoms. The quantitative estimate of drug-likeness (QED) is 0.382. The summed E-state index contributed by atoms with van der Waals surface area (Å²) in [5.74, 6) is 0. The minimum atomic E-state index is -1.76. The molecule has 8 heteroatoms. The molecule has 0 N–H and O–H groups in total. The van der Waals surface area contributed by atoms with Crippen molar-refractivity contribution in [1.82, 2.24) is 0 Å². The molecule has 0 saturated carbocycles. The van der Waals surface area contributed by atoms with E-state index in [0.717, 1.165) is 5.56 Å². The summed E-state index contributed by atoms with van der Waals surface area (Å²) in [6.45, 7) is 12.5. The standard InChI is InChI=1S/C25H40O7Si/c1-25(2,3)33(6,7)30-16-12-11-15-28-24-22(27-5)21(26-4)20-19(31-24)17-29-23(32-20)18-13-9-8-10-14-18/h8-14,19-24H,15-17H2,1-7H3/b12-11-/t19?,20-,21-,22?,23?,24+/m0/s1. The highest BCUT2D eigenvalue weighted by molar-refractivity contribution is 6.74. The summed E-state index contributed by atoms with van der Waals surface area (Å²) in [6.07, 6.45) is 1.49. The summed E-state index contributed by atoms with van der Waals surface area (Å²) in [5, 5.41) is 0.189. The first kappa shape index (κ1) is 26.5. The molecule has 3 unspecified atom stereocenters. The van der Waals surface area contributed by atoms with Gasteiger partial charge >= 0.3 is 0 Å². The predicted molar refractivity (Wildman–Crippen MR) is 129 cm³/mol. The van der Waals surface area contributed by atoms with Gasteiger partial charge in [-0.25, -0.2) is 0 Å². The number of fused-ring (bicyclic) bond motifs is 1. The third kappa shape index (κ3) is 6.52. The Balaban J connectivity index is 1.55. The van der Waals surface area contributed by atoms with E-state index in [1.165, 1.54) is 0 Å². The van der Waals surface area contributed by atoms with Gasteiger partial charge in [0.2, 0.25) is 0 Å². The van der Waals surface area contributed by atoms with Crippen LogP contribution in [0.3, 0.4) is 0 Å². The summed E-state index contributed by atoms with van der Waals surface area (Å²) >= 11 is 0. The molecule has 1 aromatic rings. The molecule has 2 fully saturated rings. The molecular weight excluding hydrogens is 440 g/mol. The Labute approximate surface area is 199 Å². The minimum absolute atomic E-state index is 0.189. The van der Waals surface area contributed by atoms with Crippen LogP contribution in [0.4, 0.5) is 0 Å². The molecule has 7 nitrogen and oxygen atoms in total. The van der Waals surface area contributed by atoms with Crippen molar-refractivity contribution >= 4 is 8.32 Å². The number of methoxy groups -OCH3 is 2. The summed E-state index contributed by atoms with van der Waals surface area (Å²) in [6, 6.07) is 9.86. The van der Waals surface area contributed by atoms with Gasteiger partial charge in [-0.2, -0.15) is 0 Å². The van der Waals surface area contributed by atoms with Crippen molar-refractivity contribution in [3.8, 4) is 0 Å². The smallest absolute Gasteiger partial charge is 0.192 e. The molecule has 3 rings (SSSR count). The highest BCUT2D eigenvalue weighted by atomic mass is 28.4. The molecule has 0 amide bonds. The fraction of sp³-hybridized carbons (Fsp3) is 0.680. The molecule has 0 aliphatic carbocycles. The first-order valence-corrected chi connectivity index (χ1v) is 14.5. The Bertz CT molecular complexity index is 749. The maximum Gasteiger partial charge on any atom is 0.192 e. The topological polar surface area (TPSA) is 64.6 Å². The molecule has 0 bridgehead atoms. The lowest BCUT2D eigenvalue weighted by Crippen LogP contribution is -2.63. The van der Waals surface area contributed by atoms with E-state index >= 15 is 0 Å². The first-order chi connectivity index (χ1) is 15.7. The molecule has 1 aromatic carbocycles. The monoisotopic (exact) mass is 480 g/mol. The van der Waals surface area contributed by atoms with Crippen LogP contribution in [0, 0.1) is 0 Å². The molecule has 0 aromatic heterocycles. The van der Waals surface area contributed by atoms with E-state index in [1.807, 2.05) is 42.5 Å². The third-order valence-corrected chi connectivity index (χ3v) is 11.3. The van der Waals surface area contributed by atoms with Gasteiger partial charge in [-0.1, -0.05) is 63.3 Å². The Morgan fingerprint density at radius 3 is 2.27 bits per heavy atom. The van der Waals surface area contributed by atoms with Crippen LogP contribution in [0.5, 0.6) is 0 Å². The van der Waals surface area contributed by atoms with Crippen LogP contribution < -0.4 is 0 Å². The molecule has 0 spiro atoms. The van der Waals surface area contributed by atoms with Crippen LogP contribution in [0.15, 0.2) is 42.5 Å². The molecule has 186 valence electrons. The molecular formula is C25H40O7Si. The zero-order valence-electron chi connectivity index (χ0n) is 21.0. The number of hydrogen-bond donors (Lipinski definition) is 0. The van der Waals surface area contributed by atoms with Crippen LogP contribution in [-0.4, -0.2) is 73.1 Å². The van der Waals surface area contributed by atoms with Crippen LogP contribution in [0.2, 0.25) is 18.1 Å². The summed E-state index contributed by atoms with van der Waals surface area (Å²) in [4.78, 5) is 0. The maximum absolute atomic E-state index is 6.24. The lowest BCUT2D eigenvalue weighted by molar-refractivity contribution is -0.364. The van der Waals surface area contributed by atoms with Gasteiger partial charge in [-0.15, -0.1) is 0 Å². The second-order valence-electron chi connectivity index (χ2n) is 10.00. The van der Waals surface area contributed by atoms with E-state index in [1.54, 1.807) is 14.2 Å². The van der Waals surface area contributed by atoms with E-state index in [2.05, 4.69) is 33.9 Å². The van der Waals surface area contributed by atoms with Crippen molar-refractivity contribution in [2.24, 2.45) is 0 Å². The van der Waals surface area contributed by atoms with Crippen molar-refractivity contribution < 1.29 is 32.8 Å². The van der Waals surface area contributed by atoms with Crippen LogP contribution in [0.1, 0.15) is 32.6 Å². The van der Waals surface area contributed by atoms with Gasteiger partial charge in [0, 0.05) is 19.8 Å². The van der Waals surface area contributed by atoms with E-state index in [4.69, 9.17) is 32.8 Å². The highest BCUT2D eigenvalue weighted by Crippen LogP contribution is 2.37. The van der Waals surface area contributed by atoms with Crippen LogP contribution in [-0.2, 0) is 32.8 Å². The molecule has 6 atom stereocenters. The minimum Gasteiger partial charge on any atom is -0.413 e. The number of rotatable bonds is 9. The average Bonchev–Trinajstić information content (AvgIpc) is 2.79. The van der Waals surface area contributed by atoms with E-state index in [0.29, 0.717) is 19.8 Å². The van der Waals surface area contributed by atoms with Crippen LogP contribution >= 0.6 is 0 Å². The van der Waals surface area contributed by atoms with Crippen molar-refractivity contribution in [2.75, 3.05) is 34.0 Å². The second-order valence-corrected chi connectivity index (χ2v) is 14.8. The normalized spacial score (nSPS) is 31.0. The van der Waals surface area contributed by atoms with Crippen LogP contribution in [0.25, 0.3) is 0 Å². The summed E-state index contributed by atoms with van der Waals surface area (Å²) < 4.78 is 42.0. The van der Waals surface area contributed by atoms with Gasteiger partial charge in [0.05, 0.1) is 19.8 Å². The van der Waals surface area contributed by atoms with Crippen molar-refractivity contribution in [1.29, 1.82) is 0 Å². The first-order valence-electron chi connectivity index (χ1n) is 11.6. The SMILES string of the molecule is COC1[C@H](OC/C=C\CO[Si](C)(C)C(C)(C)C)OC2COC(c3ccccc3)O[C@@H]2[C@@H]1OC. The van der Waals surface area contributed by atoms with Gasteiger partial charge in [0.1, 0.15) is 24.4 Å².